The third kappa shape index (κ3) is 3.08. The molecule has 120 valence electrons. The molecule has 2 saturated carbocycles. The van der Waals surface area contributed by atoms with E-state index in [2.05, 4.69) is 5.32 Å². The monoisotopic (exact) mass is 305 g/mol. The third-order valence-corrected chi connectivity index (χ3v) is 5.19. The van der Waals surface area contributed by atoms with Gasteiger partial charge in [-0.25, -0.2) is 4.79 Å². The Bertz CT molecular complexity index is 545. The zero-order valence-electron chi connectivity index (χ0n) is 13.1. The van der Waals surface area contributed by atoms with Crippen LogP contribution in [0.5, 0.6) is 0 Å². The Morgan fingerprint density at radius 2 is 2.05 bits per heavy atom. The molecule has 3 rings (SSSR count). The number of carbonyl (C=O) groups excluding carboxylic acids is 3. The summed E-state index contributed by atoms with van der Waals surface area (Å²) in [4.78, 5) is 35.8. The van der Waals surface area contributed by atoms with Crippen molar-refractivity contribution in [2.75, 3.05) is 6.61 Å². The molecule has 0 aromatic heterocycles. The number of allylic oxidation sites excluding steroid dienone is 1. The lowest BCUT2D eigenvalue weighted by Crippen LogP contribution is -2.33. The van der Waals surface area contributed by atoms with Gasteiger partial charge in [0.05, 0.1) is 12.2 Å². The van der Waals surface area contributed by atoms with E-state index in [4.69, 9.17) is 4.74 Å². The number of nitrogens with one attached hydrogen (secondary N) is 1. The number of ether oxygens (including phenoxy) is 1. The average molecular weight is 305 g/mol. The highest BCUT2D eigenvalue weighted by atomic mass is 16.5. The quantitative estimate of drug-likeness (QED) is 0.809. The molecule has 5 nitrogen and oxygen atoms in total. The van der Waals surface area contributed by atoms with Gasteiger partial charge in [-0.05, 0) is 50.9 Å². The molecular weight excluding hydrogens is 282 g/mol. The zero-order chi connectivity index (χ0) is 15.7. The van der Waals surface area contributed by atoms with Gasteiger partial charge >= 0.3 is 5.97 Å². The summed E-state index contributed by atoms with van der Waals surface area (Å²) in [6.07, 6.45) is 6.22. The van der Waals surface area contributed by atoms with Crippen molar-refractivity contribution in [3.8, 4) is 0 Å². The van der Waals surface area contributed by atoms with Crippen LogP contribution in [0.1, 0.15) is 58.3 Å². The molecule has 0 aromatic carbocycles. The van der Waals surface area contributed by atoms with E-state index in [0.717, 1.165) is 31.4 Å². The van der Waals surface area contributed by atoms with Crippen molar-refractivity contribution in [2.24, 2.45) is 11.3 Å². The minimum atomic E-state index is -0.300. The van der Waals surface area contributed by atoms with Gasteiger partial charge in [-0.15, -0.1) is 0 Å². The van der Waals surface area contributed by atoms with E-state index < -0.39 is 0 Å². The van der Waals surface area contributed by atoms with Crippen LogP contribution in [0.4, 0.5) is 0 Å². The third-order valence-electron chi connectivity index (χ3n) is 5.19. The molecule has 1 N–H and O–H groups in total. The Labute approximate surface area is 130 Å². The molecule has 0 radical (unpaired) electrons. The molecule has 3 aliphatic carbocycles. The Hall–Kier alpha value is -1.65. The highest BCUT2D eigenvalue weighted by Crippen LogP contribution is 2.57. The summed E-state index contributed by atoms with van der Waals surface area (Å²) in [5.74, 6) is -0.499. The first-order chi connectivity index (χ1) is 10.5. The van der Waals surface area contributed by atoms with E-state index in [1.165, 1.54) is 0 Å². The highest BCUT2D eigenvalue weighted by Gasteiger charge is 2.47. The predicted molar refractivity (Wildman–Crippen MR) is 79.7 cm³/mol. The fraction of sp³-hybridized carbons (Fsp3) is 0.706. The maximum atomic E-state index is 12.3. The number of ketones is 1. The van der Waals surface area contributed by atoms with E-state index in [0.29, 0.717) is 37.9 Å². The van der Waals surface area contributed by atoms with Crippen LogP contribution in [0.25, 0.3) is 0 Å². The Balaban J connectivity index is 1.73. The van der Waals surface area contributed by atoms with Crippen molar-refractivity contribution >= 4 is 17.7 Å². The molecule has 0 unspecified atom stereocenters. The summed E-state index contributed by atoms with van der Waals surface area (Å²) >= 11 is 0. The molecule has 22 heavy (non-hydrogen) atoms. The molecule has 0 saturated heterocycles. The number of rotatable bonds is 4. The predicted octanol–water partition coefficient (Wildman–Crippen LogP) is 2.25. The second kappa shape index (κ2) is 5.86. The molecule has 2 fully saturated rings. The van der Waals surface area contributed by atoms with Gasteiger partial charge in [-0.3, -0.25) is 9.59 Å². The van der Waals surface area contributed by atoms with Crippen LogP contribution in [0, 0.1) is 11.3 Å². The summed E-state index contributed by atoms with van der Waals surface area (Å²) in [7, 11) is 0. The van der Waals surface area contributed by atoms with E-state index in [-0.39, 0.29) is 29.0 Å². The van der Waals surface area contributed by atoms with Gasteiger partial charge in [-0.1, -0.05) is 0 Å². The summed E-state index contributed by atoms with van der Waals surface area (Å²) < 4.78 is 5.15. The van der Waals surface area contributed by atoms with Gasteiger partial charge in [0.1, 0.15) is 5.78 Å². The molecule has 1 amide bonds. The van der Waals surface area contributed by atoms with Crippen molar-refractivity contribution in [1.82, 2.24) is 5.32 Å². The summed E-state index contributed by atoms with van der Waals surface area (Å²) in [5.41, 5.74) is 1.64. The number of hydrogen-bond donors (Lipinski definition) is 1. The molecular formula is C17H23NO4. The Morgan fingerprint density at radius 1 is 1.27 bits per heavy atom. The maximum absolute atomic E-state index is 12.3. The molecule has 0 aromatic rings. The van der Waals surface area contributed by atoms with E-state index in [1.807, 2.05) is 0 Å². The largest absolute Gasteiger partial charge is 0.463 e. The van der Waals surface area contributed by atoms with Crippen molar-refractivity contribution in [3.63, 3.8) is 0 Å². The van der Waals surface area contributed by atoms with Crippen LogP contribution in [-0.4, -0.2) is 24.3 Å². The number of hydrogen-bond acceptors (Lipinski definition) is 4. The van der Waals surface area contributed by atoms with Crippen molar-refractivity contribution in [1.29, 1.82) is 0 Å². The van der Waals surface area contributed by atoms with Crippen LogP contribution in [0.2, 0.25) is 0 Å². The standard InChI is InChI=1S/C17H23NO4/c1-2-22-16(21)13-10-17(7-8-17)6-5-14(13)18-15(20)11-3-4-12(19)9-11/h11H,2-10H2,1H3,(H,18,20)/t11-/m0/s1. The molecule has 0 bridgehead atoms. The summed E-state index contributed by atoms with van der Waals surface area (Å²) in [5, 5.41) is 2.92. The lowest BCUT2D eigenvalue weighted by Gasteiger charge is -2.27. The lowest BCUT2D eigenvalue weighted by molar-refractivity contribution is -0.139. The molecule has 1 atom stereocenters. The van der Waals surface area contributed by atoms with Crippen LogP contribution in [0.3, 0.4) is 0 Å². The number of carbonyl (C=O) groups is 3. The van der Waals surface area contributed by atoms with Gasteiger partial charge in [0.25, 0.3) is 0 Å². The zero-order valence-corrected chi connectivity index (χ0v) is 13.1. The average Bonchev–Trinajstić information content (AvgIpc) is 3.10. The topological polar surface area (TPSA) is 72.5 Å². The molecule has 3 aliphatic rings. The van der Waals surface area contributed by atoms with E-state index >= 15 is 0 Å². The SMILES string of the molecule is CCOC(=O)C1=C(NC(=O)[C@H]2CCC(=O)C2)CCC2(CC2)C1. The van der Waals surface area contributed by atoms with Gasteiger partial charge in [0, 0.05) is 24.5 Å². The number of Topliss-reactive ketones (excluding diaryl/α,β-unsaturated/α-hetero) is 1. The van der Waals surface area contributed by atoms with Gasteiger partial charge in [-0.2, -0.15) is 0 Å². The van der Waals surface area contributed by atoms with Crippen LogP contribution in [0.15, 0.2) is 11.3 Å². The van der Waals surface area contributed by atoms with Crippen LogP contribution in [-0.2, 0) is 19.1 Å². The maximum Gasteiger partial charge on any atom is 0.335 e. The minimum Gasteiger partial charge on any atom is -0.463 e. The van der Waals surface area contributed by atoms with Crippen molar-refractivity contribution in [3.05, 3.63) is 11.3 Å². The first-order valence-electron chi connectivity index (χ1n) is 8.25. The van der Waals surface area contributed by atoms with Crippen molar-refractivity contribution in [2.45, 2.75) is 58.3 Å². The fourth-order valence-electron chi connectivity index (χ4n) is 3.55. The first-order valence-corrected chi connectivity index (χ1v) is 8.25. The lowest BCUT2D eigenvalue weighted by atomic mass is 9.83. The Kier molecular flexibility index (Phi) is 4.06. The van der Waals surface area contributed by atoms with Crippen LogP contribution < -0.4 is 5.32 Å². The molecule has 1 spiro atoms. The smallest absolute Gasteiger partial charge is 0.335 e. The number of esters is 1. The minimum absolute atomic E-state index is 0.116. The second-order valence-corrected chi connectivity index (χ2v) is 6.82. The highest BCUT2D eigenvalue weighted by molar-refractivity contribution is 5.93. The molecule has 0 aliphatic heterocycles. The van der Waals surface area contributed by atoms with Gasteiger partial charge < -0.3 is 10.1 Å². The summed E-state index contributed by atoms with van der Waals surface area (Å²) in [6.45, 7) is 2.13. The molecule has 0 heterocycles. The van der Waals surface area contributed by atoms with Crippen molar-refractivity contribution < 1.29 is 19.1 Å². The van der Waals surface area contributed by atoms with Gasteiger partial charge in [0.15, 0.2) is 0 Å². The van der Waals surface area contributed by atoms with Gasteiger partial charge in [0.2, 0.25) is 5.91 Å². The number of amides is 1. The van der Waals surface area contributed by atoms with Crippen LogP contribution >= 0.6 is 0 Å². The fourth-order valence-corrected chi connectivity index (χ4v) is 3.55. The summed E-state index contributed by atoms with van der Waals surface area (Å²) in [6, 6.07) is 0. The second-order valence-electron chi connectivity index (χ2n) is 6.82. The Morgan fingerprint density at radius 3 is 2.64 bits per heavy atom. The normalized spacial score (nSPS) is 26.2. The first kappa shape index (κ1) is 15.3. The molecule has 5 heteroatoms. The van der Waals surface area contributed by atoms with E-state index in [1.54, 1.807) is 6.92 Å². The van der Waals surface area contributed by atoms with E-state index in [9.17, 15) is 14.4 Å².